The molecule has 0 radical (unpaired) electrons. The predicted molar refractivity (Wildman–Crippen MR) is 67.7 cm³/mol. The molecule has 0 bridgehead atoms. The number of rotatable bonds is 4. The molecule has 7 nitrogen and oxygen atoms in total. The first-order chi connectivity index (χ1) is 9.04. The number of nitrogen functional groups attached to an aromatic ring is 1. The van der Waals surface area contributed by atoms with E-state index in [2.05, 4.69) is 10.1 Å². The number of carbonyl (C=O) groups is 1. The summed E-state index contributed by atoms with van der Waals surface area (Å²) in [5, 5.41) is 3.87. The van der Waals surface area contributed by atoms with Crippen molar-refractivity contribution in [3.05, 3.63) is 29.0 Å². The largest absolute Gasteiger partial charge is 0.461 e. The van der Waals surface area contributed by atoms with Crippen molar-refractivity contribution in [2.45, 2.75) is 27.3 Å². The first-order valence-electron chi connectivity index (χ1n) is 5.94. The van der Waals surface area contributed by atoms with Gasteiger partial charge in [0.25, 0.3) is 0 Å². The second-order valence-corrected chi connectivity index (χ2v) is 4.13. The van der Waals surface area contributed by atoms with Gasteiger partial charge in [-0.1, -0.05) is 5.16 Å². The number of hydrogen-bond acceptors (Lipinski definition) is 6. The zero-order valence-electron chi connectivity index (χ0n) is 11.1. The lowest BCUT2D eigenvalue weighted by molar-refractivity contribution is 0.0521. The number of anilines is 1. The smallest absolute Gasteiger partial charge is 0.360 e. The number of hydrogen-bond donors (Lipinski definition) is 1. The molecule has 0 aliphatic rings. The molecule has 2 aromatic heterocycles. The Bertz CT molecular complexity index is 581. The van der Waals surface area contributed by atoms with Crippen LogP contribution in [0.3, 0.4) is 0 Å². The van der Waals surface area contributed by atoms with Crippen molar-refractivity contribution in [1.29, 1.82) is 0 Å². The molecule has 0 saturated carbocycles. The summed E-state index contributed by atoms with van der Waals surface area (Å²) in [6.07, 6.45) is 1.51. The highest BCUT2D eigenvalue weighted by Crippen LogP contribution is 2.18. The topological polar surface area (TPSA) is 96.2 Å². The Balaban J connectivity index is 2.26. The van der Waals surface area contributed by atoms with Crippen LogP contribution in [0.15, 0.2) is 10.9 Å². The maximum atomic E-state index is 11.6. The average molecular weight is 264 g/mol. The summed E-state index contributed by atoms with van der Waals surface area (Å²) >= 11 is 0. The van der Waals surface area contributed by atoms with Crippen LogP contribution < -0.4 is 5.73 Å². The van der Waals surface area contributed by atoms with Crippen LogP contribution in [0.1, 0.15) is 34.4 Å². The number of esters is 1. The minimum atomic E-state index is -0.516. The van der Waals surface area contributed by atoms with Gasteiger partial charge < -0.3 is 19.6 Å². The third kappa shape index (κ3) is 2.44. The number of nitrogens with zero attached hydrogens (tertiary/aromatic N) is 3. The van der Waals surface area contributed by atoms with Crippen LogP contribution in [0.4, 0.5) is 5.82 Å². The first-order valence-corrected chi connectivity index (χ1v) is 5.94. The van der Waals surface area contributed by atoms with E-state index >= 15 is 0 Å². The second-order valence-electron chi connectivity index (χ2n) is 4.13. The van der Waals surface area contributed by atoms with E-state index in [0.717, 1.165) is 17.0 Å². The van der Waals surface area contributed by atoms with Gasteiger partial charge in [0.1, 0.15) is 11.6 Å². The first kappa shape index (κ1) is 13.1. The number of aromatic nitrogens is 3. The molecule has 0 unspecified atom stereocenters. The normalized spacial score (nSPS) is 10.7. The summed E-state index contributed by atoms with van der Waals surface area (Å²) in [7, 11) is 0. The molecular formula is C12H16N4O3. The molecule has 0 amide bonds. The molecule has 0 aromatic carbocycles. The average Bonchev–Trinajstić information content (AvgIpc) is 2.88. The van der Waals surface area contributed by atoms with Gasteiger partial charge in [-0.25, -0.2) is 9.78 Å². The van der Waals surface area contributed by atoms with Crippen molar-refractivity contribution in [1.82, 2.24) is 14.7 Å². The number of carbonyl (C=O) groups excluding carboxylic acids is 1. The summed E-state index contributed by atoms with van der Waals surface area (Å²) < 4.78 is 11.6. The lowest BCUT2D eigenvalue weighted by atomic mass is 10.2. The van der Waals surface area contributed by atoms with Crippen LogP contribution in [0.25, 0.3) is 0 Å². The van der Waals surface area contributed by atoms with Gasteiger partial charge in [-0.3, -0.25) is 0 Å². The van der Waals surface area contributed by atoms with Crippen molar-refractivity contribution < 1.29 is 14.1 Å². The fraction of sp³-hybridized carbons (Fsp3) is 0.417. The molecule has 2 rings (SSSR count). The molecule has 102 valence electrons. The summed E-state index contributed by atoms with van der Waals surface area (Å²) in [5.74, 6) is 0.485. The molecule has 0 aliphatic carbocycles. The van der Waals surface area contributed by atoms with Gasteiger partial charge in [0, 0.05) is 5.56 Å². The number of imidazole rings is 1. The van der Waals surface area contributed by atoms with E-state index in [1.165, 1.54) is 6.33 Å². The third-order valence-corrected chi connectivity index (χ3v) is 2.86. The predicted octanol–water partition coefficient (Wildman–Crippen LogP) is 1.30. The van der Waals surface area contributed by atoms with E-state index in [4.69, 9.17) is 15.0 Å². The third-order valence-electron chi connectivity index (χ3n) is 2.86. The Labute approximate surface area is 110 Å². The molecular weight excluding hydrogens is 248 g/mol. The SMILES string of the molecule is CCOC(=O)c1ncn(Cc2c(C)noc2C)c1N. The number of nitrogens with two attached hydrogens (primary N) is 1. The van der Waals surface area contributed by atoms with E-state index in [-0.39, 0.29) is 18.1 Å². The van der Waals surface area contributed by atoms with Gasteiger partial charge >= 0.3 is 5.97 Å². The summed E-state index contributed by atoms with van der Waals surface area (Å²) in [5.41, 5.74) is 7.76. The second kappa shape index (κ2) is 5.13. The van der Waals surface area contributed by atoms with Gasteiger partial charge in [0.15, 0.2) is 5.69 Å². The standard InChI is InChI=1S/C12H16N4O3/c1-4-18-12(17)10-11(13)16(6-14-10)5-9-7(2)15-19-8(9)3/h6H,4-5,13H2,1-3H3. The maximum absolute atomic E-state index is 11.6. The van der Waals surface area contributed by atoms with Gasteiger partial charge in [0.05, 0.1) is 25.2 Å². The molecule has 0 saturated heterocycles. The summed E-state index contributed by atoms with van der Waals surface area (Å²) in [6.45, 7) is 6.16. The lowest BCUT2D eigenvalue weighted by Gasteiger charge is -2.05. The molecule has 2 N–H and O–H groups in total. The fourth-order valence-corrected chi connectivity index (χ4v) is 1.77. The molecule has 2 aromatic rings. The Hall–Kier alpha value is -2.31. The molecule has 0 atom stereocenters. The van der Waals surface area contributed by atoms with E-state index in [1.54, 1.807) is 11.5 Å². The molecule has 0 aliphatic heterocycles. The summed E-state index contributed by atoms with van der Waals surface area (Å²) in [6, 6.07) is 0. The van der Waals surface area contributed by atoms with E-state index < -0.39 is 5.97 Å². The van der Waals surface area contributed by atoms with Crippen molar-refractivity contribution in [3.8, 4) is 0 Å². The van der Waals surface area contributed by atoms with Gasteiger partial charge in [-0.2, -0.15) is 0 Å². The molecule has 0 spiro atoms. The van der Waals surface area contributed by atoms with E-state index in [0.29, 0.717) is 6.54 Å². The van der Waals surface area contributed by atoms with E-state index in [1.807, 2.05) is 13.8 Å². The van der Waals surface area contributed by atoms with Gasteiger partial charge in [-0.05, 0) is 20.8 Å². The summed E-state index contributed by atoms with van der Waals surface area (Å²) in [4.78, 5) is 15.6. The van der Waals surface area contributed by atoms with Crippen LogP contribution in [-0.2, 0) is 11.3 Å². The van der Waals surface area contributed by atoms with Crippen LogP contribution in [-0.4, -0.2) is 27.3 Å². The Morgan fingerprint density at radius 2 is 2.26 bits per heavy atom. The Morgan fingerprint density at radius 1 is 1.53 bits per heavy atom. The van der Waals surface area contributed by atoms with Crippen molar-refractivity contribution in [2.75, 3.05) is 12.3 Å². The number of aryl methyl sites for hydroxylation is 2. The Morgan fingerprint density at radius 3 is 2.84 bits per heavy atom. The highest BCUT2D eigenvalue weighted by Gasteiger charge is 2.18. The van der Waals surface area contributed by atoms with Crippen LogP contribution in [0.5, 0.6) is 0 Å². The number of ether oxygens (including phenoxy) is 1. The maximum Gasteiger partial charge on any atom is 0.360 e. The molecule has 7 heteroatoms. The zero-order valence-corrected chi connectivity index (χ0v) is 11.1. The zero-order chi connectivity index (χ0) is 14.0. The Kier molecular flexibility index (Phi) is 3.55. The van der Waals surface area contributed by atoms with Crippen molar-refractivity contribution >= 4 is 11.8 Å². The quantitative estimate of drug-likeness (QED) is 0.836. The van der Waals surface area contributed by atoms with Gasteiger partial charge in [-0.15, -0.1) is 0 Å². The van der Waals surface area contributed by atoms with Crippen LogP contribution in [0, 0.1) is 13.8 Å². The van der Waals surface area contributed by atoms with Crippen molar-refractivity contribution in [2.24, 2.45) is 0 Å². The fourth-order valence-electron chi connectivity index (χ4n) is 1.77. The lowest BCUT2D eigenvalue weighted by Crippen LogP contribution is -2.10. The van der Waals surface area contributed by atoms with Crippen LogP contribution in [0.2, 0.25) is 0 Å². The molecule has 19 heavy (non-hydrogen) atoms. The minimum absolute atomic E-state index is 0.133. The van der Waals surface area contributed by atoms with Crippen molar-refractivity contribution in [3.63, 3.8) is 0 Å². The van der Waals surface area contributed by atoms with Crippen LogP contribution >= 0.6 is 0 Å². The van der Waals surface area contributed by atoms with Gasteiger partial charge in [0.2, 0.25) is 0 Å². The van der Waals surface area contributed by atoms with E-state index in [9.17, 15) is 4.79 Å². The minimum Gasteiger partial charge on any atom is -0.461 e. The highest BCUT2D eigenvalue weighted by molar-refractivity contribution is 5.92. The molecule has 0 fully saturated rings. The monoisotopic (exact) mass is 264 g/mol. The highest BCUT2D eigenvalue weighted by atomic mass is 16.5. The molecule has 2 heterocycles.